The van der Waals surface area contributed by atoms with Crippen LogP contribution in [0.5, 0.6) is 0 Å². The maximum atomic E-state index is 12.1. The highest BCUT2D eigenvalue weighted by molar-refractivity contribution is 8.01. The molecule has 1 amide bonds. The Kier molecular flexibility index (Phi) is 5.55. The van der Waals surface area contributed by atoms with Crippen LogP contribution in [-0.4, -0.2) is 29.5 Å². The Morgan fingerprint density at radius 1 is 1.37 bits per heavy atom. The maximum Gasteiger partial charge on any atom is 0.237 e. The van der Waals surface area contributed by atoms with E-state index in [9.17, 15) is 4.79 Å². The fourth-order valence-electron chi connectivity index (χ4n) is 2.06. The zero-order valence-corrected chi connectivity index (χ0v) is 12.6. The first kappa shape index (κ1) is 14.7. The van der Waals surface area contributed by atoms with Gasteiger partial charge in [0.05, 0.1) is 5.25 Å². The number of thioether (sulfide) groups is 1. The predicted molar refractivity (Wildman–Crippen MR) is 83.0 cm³/mol. The third-order valence-electron chi connectivity index (χ3n) is 3.16. The number of anilines is 1. The molecule has 1 unspecified atom stereocenters. The molecule has 1 aromatic carbocycles. The number of carbonyl (C=O) groups excluding carboxylic acids is 1. The van der Waals surface area contributed by atoms with Crippen molar-refractivity contribution in [1.29, 1.82) is 0 Å². The van der Waals surface area contributed by atoms with Gasteiger partial charge in [-0.05, 0) is 57.1 Å². The number of benzene rings is 1. The standard InChI is InChI=1S/C14H19ClN2OS/c1-10(19-13-6-8-16-9-7-13)14(18)17-12-4-2-11(15)3-5-12/h2-5,10,13,16H,6-9H2,1H3,(H,17,18). The Hall–Kier alpha value is -0.710. The molecule has 1 fully saturated rings. The van der Waals surface area contributed by atoms with Crippen molar-refractivity contribution in [2.24, 2.45) is 0 Å². The Morgan fingerprint density at radius 2 is 2.00 bits per heavy atom. The SMILES string of the molecule is CC(SC1CCNCC1)C(=O)Nc1ccc(Cl)cc1. The maximum absolute atomic E-state index is 12.1. The molecular weight excluding hydrogens is 280 g/mol. The van der Waals surface area contributed by atoms with E-state index in [0.717, 1.165) is 31.6 Å². The number of piperidine rings is 1. The van der Waals surface area contributed by atoms with Gasteiger partial charge in [0.15, 0.2) is 0 Å². The van der Waals surface area contributed by atoms with Crippen molar-refractivity contribution >= 4 is 35.0 Å². The molecule has 1 heterocycles. The minimum atomic E-state index is -0.0289. The van der Waals surface area contributed by atoms with Gasteiger partial charge in [0.25, 0.3) is 0 Å². The first-order valence-corrected chi connectivity index (χ1v) is 7.90. The Morgan fingerprint density at radius 3 is 2.63 bits per heavy atom. The van der Waals surface area contributed by atoms with E-state index in [-0.39, 0.29) is 11.2 Å². The molecule has 5 heteroatoms. The van der Waals surface area contributed by atoms with Gasteiger partial charge >= 0.3 is 0 Å². The van der Waals surface area contributed by atoms with Crippen LogP contribution in [0.25, 0.3) is 0 Å². The number of amides is 1. The first-order valence-electron chi connectivity index (χ1n) is 6.58. The number of halogens is 1. The summed E-state index contributed by atoms with van der Waals surface area (Å²) in [6, 6.07) is 7.20. The minimum Gasteiger partial charge on any atom is -0.325 e. The van der Waals surface area contributed by atoms with Crippen molar-refractivity contribution in [3.05, 3.63) is 29.3 Å². The molecule has 1 aromatic rings. The van der Waals surface area contributed by atoms with Crippen molar-refractivity contribution in [3.8, 4) is 0 Å². The van der Waals surface area contributed by atoms with Gasteiger partial charge in [-0.2, -0.15) is 0 Å². The average Bonchev–Trinajstić information content (AvgIpc) is 2.42. The topological polar surface area (TPSA) is 41.1 Å². The van der Waals surface area contributed by atoms with Crippen LogP contribution in [-0.2, 0) is 4.79 Å². The molecule has 104 valence electrons. The predicted octanol–water partition coefficient (Wildman–Crippen LogP) is 3.15. The lowest BCUT2D eigenvalue weighted by atomic mass is 10.2. The molecule has 1 saturated heterocycles. The van der Waals surface area contributed by atoms with E-state index < -0.39 is 0 Å². The molecule has 0 aliphatic carbocycles. The van der Waals surface area contributed by atoms with Crippen molar-refractivity contribution in [2.75, 3.05) is 18.4 Å². The summed E-state index contributed by atoms with van der Waals surface area (Å²) >= 11 is 7.59. The van der Waals surface area contributed by atoms with Crippen molar-refractivity contribution in [2.45, 2.75) is 30.3 Å². The summed E-state index contributed by atoms with van der Waals surface area (Å²) in [7, 11) is 0. The van der Waals surface area contributed by atoms with Crippen LogP contribution in [0.3, 0.4) is 0 Å². The van der Waals surface area contributed by atoms with Crippen LogP contribution < -0.4 is 10.6 Å². The van der Waals surface area contributed by atoms with E-state index in [1.165, 1.54) is 0 Å². The third-order valence-corrected chi connectivity index (χ3v) is 4.89. The summed E-state index contributed by atoms with van der Waals surface area (Å²) in [4.78, 5) is 12.1. The zero-order valence-electron chi connectivity index (χ0n) is 11.0. The van der Waals surface area contributed by atoms with Crippen molar-refractivity contribution in [3.63, 3.8) is 0 Å². The largest absolute Gasteiger partial charge is 0.325 e. The van der Waals surface area contributed by atoms with Gasteiger partial charge in [-0.15, -0.1) is 11.8 Å². The van der Waals surface area contributed by atoms with Crippen LogP contribution >= 0.6 is 23.4 Å². The Bertz CT molecular complexity index is 418. The molecule has 1 aliphatic rings. The summed E-state index contributed by atoms with van der Waals surface area (Å²) in [5.74, 6) is 0.0610. The van der Waals surface area contributed by atoms with Crippen LogP contribution in [0, 0.1) is 0 Å². The molecule has 1 atom stereocenters. The molecule has 0 spiro atoms. The normalized spacial score (nSPS) is 18.0. The fourth-order valence-corrected chi connectivity index (χ4v) is 3.45. The molecule has 2 rings (SSSR count). The van der Waals surface area contributed by atoms with Gasteiger partial charge in [0, 0.05) is 16.0 Å². The molecule has 0 bridgehead atoms. The molecule has 2 N–H and O–H groups in total. The lowest BCUT2D eigenvalue weighted by Crippen LogP contribution is -2.32. The van der Waals surface area contributed by atoms with Gasteiger partial charge < -0.3 is 10.6 Å². The quantitative estimate of drug-likeness (QED) is 0.897. The highest BCUT2D eigenvalue weighted by atomic mass is 35.5. The lowest BCUT2D eigenvalue weighted by Gasteiger charge is -2.24. The monoisotopic (exact) mass is 298 g/mol. The van der Waals surface area contributed by atoms with E-state index >= 15 is 0 Å². The van der Waals surface area contributed by atoms with Gasteiger partial charge in [-0.1, -0.05) is 11.6 Å². The van der Waals surface area contributed by atoms with Crippen LogP contribution in [0.2, 0.25) is 5.02 Å². The second kappa shape index (κ2) is 7.17. The number of nitrogens with one attached hydrogen (secondary N) is 2. The van der Waals surface area contributed by atoms with E-state index in [4.69, 9.17) is 11.6 Å². The van der Waals surface area contributed by atoms with Crippen molar-refractivity contribution < 1.29 is 4.79 Å². The van der Waals surface area contributed by atoms with E-state index in [0.29, 0.717) is 10.3 Å². The van der Waals surface area contributed by atoms with Crippen LogP contribution in [0.15, 0.2) is 24.3 Å². The van der Waals surface area contributed by atoms with Crippen molar-refractivity contribution in [1.82, 2.24) is 5.32 Å². The van der Waals surface area contributed by atoms with E-state index in [2.05, 4.69) is 10.6 Å². The van der Waals surface area contributed by atoms with Gasteiger partial charge in [-0.3, -0.25) is 4.79 Å². The minimum absolute atomic E-state index is 0.0289. The molecule has 0 aromatic heterocycles. The lowest BCUT2D eigenvalue weighted by molar-refractivity contribution is -0.115. The fraction of sp³-hybridized carbons (Fsp3) is 0.500. The number of hydrogen-bond donors (Lipinski definition) is 2. The van der Waals surface area contributed by atoms with Gasteiger partial charge in [0.2, 0.25) is 5.91 Å². The summed E-state index contributed by atoms with van der Waals surface area (Å²) in [6.45, 7) is 4.09. The average molecular weight is 299 g/mol. The molecular formula is C14H19ClN2OS. The number of rotatable bonds is 4. The molecule has 0 saturated carbocycles. The third kappa shape index (κ3) is 4.71. The summed E-state index contributed by atoms with van der Waals surface area (Å²) in [5.41, 5.74) is 0.798. The van der Waals surface area contributed by atoms with Crippen LogP contribution in [0.4, 0.5) is 5.69 Å². The smallest absolute Gasteiger partial charge is 0.237 e. The summed E-state index contributed by atoms with van der Waals surface area (Å²) in [5, 5.41) is 7.50. The zero-order chi connectivity index (χ0) is 13.7. The molecule has 0 radical (unpaired) electrons. The second-order valence-electron chi connectivity index (χ2n) is 4.72. The molecule has 3 nitrogen and oxygen atoms in total. The van der Waals surface area contributed by atoms with Crippen LogP contribution in [0.1, 0.15) is 19.8 Å². The first-order chi connectivity index (χ1) is 9.15. The van der Waals surface area contributed by atoms with Gasteiger partial charge in [-0.25, -0.2) is 0 Å². The van der Waals surface area contributed by atoms with E-state index in [1.54, 1.807) is 23.9 Å². The van der Waals surface area contributed by atoms with Gasteiger partial charge in [0.1, 0.15) is 0 Å². The summed E-state index contributed by atoms with van der Waals surface area (Å²) < 4.78 is 0. The molecule has 1 aliphatic heterocycles. The number of carbonyl (C=O) groups is 1. The highest BCUT2D eigenvalue weighted by Crippen LogP contribution is 2.25. The summed E-state index contributed by atoms with van der Waals surface area (Å²) in [6.07, 6.45) is 2.28. The number of hydrogen-bond acceptors (Lipinski definition) is 3. The molecule has 19 heavy (non-hydrogen) atoms. The Balaban J connectivity index is 1.83. The Labute approximate surface area is 123 Å². The second-order valence-corrected chi connectivity index (χ2v) is 6.81. The van der Waals surface area contributed by atoms with E-state index in [1.807, 2.05) is 19.1 Å². The highest BCUT2D eigenvalue weighted by Gasteiger charge is 2.21.